The molecular weight excluding hydrogens is 336 g/mol. The number of hydrogen-bond acceptors (Lipinski definition) is 3. The van der Waals surface area contributed by atoms with E-state index in [-0.39, 0.29) is 5.91 Å². The summed E-state index contributed by atoms with van der Waals surface area (Å²) >= 11 is 5.82. The van der Waals surface area contributed by atoms with Gasteiger partial charge in [-0.3, -0.25) is 4.79 Å². The molecule has 0 aromatic heterocycles. The van der Waals surface area contributed by atoms with Crippen LogP contribution in [0.25, 0.3) is 0 Å². The molecule has 0 unspecified atom stereocenters. The van der Waals surface area contributed by atoms with Crippen LogP contribution < -0.4 is 10.1 Å². The molecule has 1 N–H and O–H groups in total. The van der Waals surface area contributed by atoms with Crippen molar-refractivity contribution in [2.75, 3.05) is 26.7 Å². The fourth-order valence-electron chi connectivity index (χ4n) is 2.40. The highest BCUT2D eigenvalue weighted by Gasteiger charge is 2.04. The molecule has 1 amide bonds. The molecule has 0 saturated carbocycles. The number of amides is 1. The van der Waals surface area contributed by atoms with E-state index in [0.29, 0.717) is 31.0 Å². The zero-order valence-electron chi connectivity index (χ0n) is 14.6. The van der Waals surface area contributed by atoms with Gasteiger partial charge in [0.1, 0.15) is 5.75 Å². The van der Waals surface area contributed by atoms with E-state index in [2.05, 4.69) is 29.4 Å². The lowest BCUT2D eigenvalue weighted by Crippen LogP contribution is -2.32. The summed E-state index contributed by atoms with van der Waals surface area (Å²) in [6.45, 7) is 2.87. The van der Waals surface area contributed by atoms with Gasteiger partial charge in [0.05, 0.1) is 6.61 Å². The minimum Gasteiger partial charge on any atom is -0.494 e. The second-order valence-corrected chi connectivity index (χ2v) is 6.42. The monoisotopic (exact) mass is 360 g/mol. The highest BCUT2D eigenvalue weighted by molar-refractivity contribution is 6.30. The predicted octanol–water partition coefficient (Wildman–Crippen LogP) is 3.75. The number of nitrogens with zero attached hydrogens (tertiary/aromatic N) is 1. The third-order valence-corrected chi connectivity index (χ3v) is 3.99. The lowest BCUT2D eigenvalue weighted by atomic mass is 10.2. The maximum atomic E-state index is 11.8. The smallest absolute Gasteiger partial charge is 0.220 e. The van der Waals surface area contributed by atoms with Crippen molar-refractivity contribution in [1.29, 1.82) is 0 Å². The highest BCUT2D eigenvalue weighted by atomic mass is 35.5. The first-order chi connectivity index (χ1) is 12.1. The lowest BCUT2D eigenvalue weighted by molar-refractivity contribution is -0.121. The fraction of sp³-hybridized carbons (Fsp3) is 0.350. The number of ether oxygens (including phenoxy) is 1. The van der Waals surface area contributed by atoms with Gasteiger partial charge in [-0.15, -0.1) is 0 Å². The standard InChI is InChI=1S/C20H25ClN2O2/c1-23(16-17-6-3-2-4-7-17)14-13-22-20(24)8-5-15-25-19-11-9-18(21)10-12-19/h2-4,6-7,9-12H,5,8,13-16H2,1H3,(H,22,24). The van der Waals surface area contributed by atoms with Gasteiger partial charge in [0.15, 0.2) is 0 Å². The molecular formula is C20H25ClN2O2. The number of carbonyl (C=O) groups is 1. The van der Waals surface area contributed by atoms with Crippen molar-refractivity contribution in [2.24, 2.45) is 0 Å². The van der Waals surface area contributed by atoms with E-state index in [1.165, 1.54) is 5.56 Å². The summed E-state index contributed by atoms with van der Waals surface area (Å²) in [4.78, 5) is 14.0. The zero-order valence-corrected chi connectivity index (χ0v) is 15.3. The van der Waals surface area contributed by atoms with Crippen molar-refractivity contribution in [3.63, 3.8) is 0 Å². The fourth-order valence-corrected chi connectivity index (χ4v) is 2.53. The van der Waals surface area contributed by atoms with Gasteiger partial charge in [-0.25, -0.2) is 0 Å². The summed E-state index contributed by atoms with van der Waals surface area (Å²) in [6.07, 6.45) is 1.16. The Bertz CT molecular complexity index is 632. The molecule has 0 fully saturated rings. The number of rotatable bonds is 10. The molecule has 5 heteroatoms. The van der Waals surface area contributed by atoms with Crippen LogP contribution in [0.15, 0.2) is 54.6 Å². The van der Waals surface area contributed by atoms with Crippen LogP contribution in [0.2, 0.25) is 5.02 Å². The molecule has 2 rings (SSSR count). The Morgan fingerprint density at radius 1 is 1.12 bits per heavy atom. The van der Waals surface area contributed by atoms with Crippen molar-refractivity contribution in [1.82, 2.24) is 10.2 Å². The number of carbonyl (C=O) groups excluding carboxylic acids is 1. The second kappa shape index (κ2) is 10.7. The molecule has 0 aliphatic heterocycles. The molecule has 0 bridgehead atoms. The first-order valence-electron chi connectivity index (χ1n) is 8.51. The lowest BCUT2D eigenvalue weighted by Gasteiger charge is -2.17. The number of likely N-dealkylation sites (N-methyl/N-ethyl adjacent to an activating group) is 1. The first-order valence-corrected chi connectivity index (χ1v) is 8.89. The maximum Gasteiger partial charge on any atom is 0.220 e. The number of halogens is 1. The molecule has 2 aromatic rings. The van der Waals surface area contributed by atoms with E-state index < -0.39 is 0 Å². The molecule has 0 atom stereocenters. The molecule has 25 heavy (non-hydrogen) atoms. The van der Waals surface area contributed by atoms with Crippen LogP contribution >= 0.6 is 11.6 Å². The summed E-state index contributed by atoms with van der Waals surface area (Å²) < 4.78 is 5.57. The Kier molecular flexibility index (Phi) is 8.29. The predicted molar refractivity (Wildman–Crippen MR) is 102 cm³/mol. The molecule has 0 aliphatic rings. The van der Waals surface area contributed by atoms with Gasteiger partial charge in [0.2, 0.25) is 5.91 Å². The van der Waals surface area contributed by atoms with Gasteiger partial charge in [-0.2, -0.15) is 0 Å². The number of nitrogens with one attached hydrogen (secondary N) is 1. The molecule has 0 radical (unpaired) electrons. The van der Waals surface area contributed by atoms with E-state index in [1.807, 2.05) is 30.3 Å². The molecule has 0 saturated heterocycles. The van der Waals surface area contributed by atoms with Crippen molar-refractivity contribution in [2.45, 2.75) is 19.4 Å². The second-order valence-electron chi connectivity index (χ2n) is 5.98. The van der Waals surface area contributed by atoms with Gasteiger partial charge < -0.3 is 15.0 Å². The van der Waals surface area contributed by atoms with Gasteiger partial charge >= 0.3 is 0 Å². The summed E-state index contributed by atoms with van der Waals surface area (Å²) in [5.41, 5.74) is 1.27. The topological polar surface area (TPSA) is 41.6 Å². The molecule has 0 heterocycles. The normalized spacial score (nSPS) is 10.7. The third kappa shape index (κ3) is 8.05. The summed E-state index contributed by atoms with van der Waals surface area (Å²) in [7, 11) is 2.05. The van der Waals surface area contributed by atoms with Crippen molar-refractivity contribution >= 4 is 17.5 Å². The van der Waals surface area contributed by atoms with Crippen LogP contribution in [0, 0.1) is 0 Å². The van der Waals surface area contributed by atoms with Crippen LogP contribution in [0.1, 0.15) is 18.4 Å². The van der Waals surface area contributed by atoms with Crippen molar-refractivity contribution in [3.8, 4) is 5.75 Å². The Morgan fingerprint density at radius 2 is 1.84 bits per heavy atom. The van der Waals surface area contributed by atoms with E-state index in [9.17, 15) is 4.79 Å². The van der Waals surface area contributed by atoms with E-state index >= 15 is 0 Å². The average molecular weight is 361 g/mol. The Labute approximate surface area is 154 Å². The molecule has 4 nitrogen and oxygen atoms in total. The first kappa shape index (κ1) is 19.3. The highest BCUT2D eigenvalue weighted by Crippen LogP contribution is 2.15. The van der Waals surface area contributed by atoms with Crippen molar-refractivity contribution < 1.29 is 9.53 Å². The van der Waals surface area contributed by atoms with Gasteiger partial charge in [-0.1, -0.05) is 41.9 Å². The molecule has 0 spiro atoms. The molecule has 0 aliphatic carbocycles. The summed E-state index contributed by atoms with van der Waals surface area (Å²) in [5.74, 6) is 0.833. The average Bonchev–Trinajstić information content (AvgIpc) is 2.61. The SMILES string of the molecule is CN(CCNC(=O)CCCOc1ccc(Cl)cc1)Cc1ccccc1. The number of benzene rings is 2. The summed E-state index contributed by atoms with van der Waals surface area (Å²) in [5, 5.41) is 3.64. The molecule has 134 valence electrons. The van der Waals surface area contributed by atoms with Gasteiger partial charge in [0.25, 0.3) is 0 Å². The quantitative estimate of drug-likeness (QED) is 0.656. The largest absolute Gasteiger partial charge is 0.494 e. The zero-order chi connectivity index (χ0) is 17.9. The van der Waals surface area contributed by atoms with Gasteiger partial charge in [-0.05, 0) is 43.3 Å². The Morgan fingerprint density at radius 3 is 2.56 bits per heavy atom. The minimum absolute atomic E-state index is 0.0628. The van der Waals surface area contributed by atoms with Crippen LogP contribution in [-0.4, -0.2) is 37.6 Å². The van der Waals surface area contributed by atoms with Crippen LogP contribution in [0.4, 0.5) is 0 Å². The summed E-state index contributed by atoms with van der Waals surface area (Å²) in [6, 6.07) is 17.5. The molecule has 2 aromatic carbocycles. The Balaban J connectivity index is 1.52. The minimum atomic E-state index is 0.0628. The van der Waals surface area contributed by atoms with E-state index in [4.69, 9.17) is 16.3 Å². The third-order valence-electron chi connectivity index (χ3n) is 3.74. The number of hydrogen-bond donors (Lipinski definition) is 1. The van der Waals surface area contributed by atoms with Crippen LogP contribution in [-0.2, 0) is 11.3 Å². The van der Waals surface area contributed by atoms with E-state index in [0.717, 1.165) is 18.8 Å². The van der Waals surface area contributed by atoms with Crippen LogP contribution in [0.5, 0.6) is 5.75 Å². The van der Waals surface area contributed by atoms with Gasteiger partial charge in [0, 0.05) is 31.1 Å². The maximum absolute atomic E-state index is 11.8. The van der Waals surface area contributed by atoms with Crippen LogP contribution in [0.3, 0.4) is 0 Å². The Hall–Kier alpha value is -2.04. The van der Waals surface area contributed by atoms with Crippen molar-refractivity contribution in [3.05, 3.63) is 65.2 Å². The van der Waals surface area contributed by atoms with E-state index in [1.54, 1.807) is 12.1 Å².